The lowest BCUT2D eigenvalue weighted by atomic mass is 9.78. The number of hydrogen-bond donors (Lipinski definition) is 2. The van der Waals surface area contributed by atoms with Crippen LogP contribution in [0.3, 0.4) is 0 Å². The number of carbonyl (C=O) groups is 1. The molecule has 0 aromatic heterocycles. The van der Waals surface area contributed by atoms with Gasteiger partial charge in [0.1, 0.15) is 6.04 Å². The first-order chi connectivity index (χ1) is 7.59. The molecule has 1 aromatic rings. The highest BCUT2D eigenvalue weighted by Gasteiger charge is 2.34. The van der Waals surface area contributed by atoms with Crippen molar-refractivity contribution in [2.75, 3.05) is 0 Å². The summed E-state index contributed by atoms with van der Waals surface area (Å²) in [4.78, 5) is 12.7. The Morgan fingerprint density at radius 2 is 2.06 bits per heavy atom. The van der Waals surface area contributed by atoms with Gasteiger partial charge in [-0.15, -0.1) is 0 Å². The predicted octanol–water partition coefficient (Wildman–Crippen LogP) is 0.608. The molecule has 1 atom stereocenters. The van der Waals surface area contributed by atoms with Crippen LogP contribution in [-0.2, 0) is 17.8 Å². The molecule has 0 saturated carbocycles. The standard InChI is InChI=1S/C11H14BNO3/c1-12(16)13-7-9-5-3-2-4-8(9)6-10(13)11(14)15/h2-5,10,16H,6-7H2,1H3,(H,14,15). The minimum absolute atomic E-state index is 0.455. The van der Waals surface area contributed by atoms with Crippen molar-refractivity contribution in [1.29, 1.82) is 0 Å². The van der Waals surface area contributed by atoms with E-state index in [-0.39, 0.29) is 0 Å². The van der Waals surface area contributed by atoms with Gasteiger partial charge in [-0.2, -0.15) is 0 Å². The number of hydrogen-bond acceptors (Lipinski definition) is 3. The van der Waals surface area contributed by atoms with E-state index in [2.05, 4.69) is 0 Å². The Kier molecular flexibility index (Phi) is 2.98. The molecule has 1 heterocycles. The number of benzene rings is 1. The van der Waals surface area contributed by atoms with Crippen molar-refractivity contribution in [3.63, 3.8) is 0 Å². The molecule has 0 saturated heterocycles. The van der Waals surface area contributed by atoms with E-state index >= 15 is 0 Å². The highest BCUT2D eigenvalue weighted by Crippen LogP contribution is 2.23. The molecule has 0 aliphatic carbocycles. The van der Waals surface area contributed by atoms with Crippen LogP contribution in [0.25, 0.3) is 0 Å². The van der Waals surface area contributed by atoms with Crippen molar-refractivity contribution >= 4 is 13.0 Å². The van der Waals surface area contributed by atoms with Gasteiger partial charge in [0.15, 0.2) is 0 Å². The fourth-order valence-corrected chi connectivity index (χ4v) is 2.17. The summed E-state index contributed by atoms with van der Waals surface area (Å²) >= 11 is 0. The molecule has 0 amide bonds. The Labute approximate surface area is 94.6 Å². The van der Waals surface area contributed by atoms with Crippen LogP contribution in [0.4, 0.5) is 0 Å². The number of rotatable bonds is 2. The third-order valence-electron chi connectivity index (χ3n) is 3.05. The Balaban J connectivity index is 2.33. The van der Waals surface area contributed by atoms with Crippen LogP contribution >= 0.6 is 0 Å². The van der Waals surface area contributed by atoms with Gasteiger partial charge in [-0.1, -0.05) is 24.3 Å². The Hall–Kier alpha value is -1.33. The molecule has 1 aliphatic rings. The molecule has 2 N–H and O–H groups in total. The van der Waals surface area contributed by atoms with Crippen molar-refractivity contribution in [2.24, 2.45) is 0 Å². The van der Waals surface area contributed by atoms with Crippen molar-refractivity contribution in [3.05, 3.63) is 35.4 Å². The zero-order valence-electron chi connectivity index (χ0n) is 9.13. The van der Waals surface area contributed by atoms with E-state index in [9.17, 15) is 9.82 Å². The predicted molar refractivity (Wildman–Crippen MR) is 60.9 cm³/mol. The molecule has 16 heavy (non-hydrogen) atoms. The highest BCUT2D eigenvalue weighted by molar-refractivity contribution is 6.45. The maximum atomic E-state index is 11.1. The van der Waals surface area contributed by atoms with Gasteiger partial charge >= 0.3 is 13.0 Å². The van der Waals surface area contributed by atoms with Crippen molar-refractivity contribution < 1.29 is 14.9 Å². The quantitative estimate of drug-likeness (QED) is 0.715. The second-order valence-corrected chi connectivity index (χ2v) is 4.13. The second-order valence-electron chi connectivity index (χ2n) is 4.13. The second kappa shape index (κ2) is 4.27. The van der Waals surface area contributed by atoms with Gasteiger partial charge in [0.05, 0.1) is 0 Å². The number of aliphatic carboxylic acids is 1. The summed E-state index contributed by atoms with van der Waals surface area (Å²) in [7, 11) is -0.741. The Bertz CT molecular complexity index is 408. The molecule has 1 aliphatic heterocycles. The maximum absolute atomic E-state index is 11.1. The number of carboxylic acids is 1. The first-order valence-corrected chi connectivity index (χ1v) is 5.33. The van der Waals surface area contributed by atoms with Crippen molar-refractivity contribution in [3.8, 4) is 0 Å². The minimum Gasteiger partial charge on any atom is -0.480 e. The van der Waals surface area contributed by atoms with E-state index in [1.165, 1.54) is 0 Å². The average Bonchev–Trinajstić information content (AvgIpc) is 2.27. The molecule has 2 rings (SSSR count). The van der Waals surface area contributed by atoms with Crippen LogP contribution in [0.1, 0.15) is 11.1 Å². The van der Waals surface area contributed by atoms with Crippen LogP contribution in [0.15, 0.2) is 24.3 Å². The van der Waals surface area contributed by atoms with E-state index in [1.807, 2.05) is 24.3 Å². The van der Waals surface area contributed by atoms with E-state index in [0.29, 0.717) is 13.0 Å². The first-order valence-electron chi connectivity index (χ1n) is 5.33. The molecule has 1 aromatic carbocycles. The van der Waals surface area contributed by atoms with Crippen LogP contribution in [0, 0.1) is 0 Å². The summed E-state index contributed by atoms with van der Waals surface area (Å²) < 4.78 is 0. The van der Waals surface area contributed by atoms with Gasteiger partial charge < -0.3 is 14.9 Å². The molecule has 0 fully saturated rings. The number of fused-ring (bicyclic) bond motifs is 1. The van der Waals surface area contributed by atoms with E-state index in [4.69, 9.17) is 5.11 Å². The van der Waals surface area contributed by atoms with Gasteiger partial charge in [0, 0.05) is 6.54 Å². The lowest BCUT2D eigenvalue weighted by Crippen LogP contribution is -2.51. The summed E-state index contributed by atoms with van der Waals surface area (Å²) in [5.74, 6) is -0.879. The third-order valence-corrected chi connectivity index (χ3v) is 3.05. The zero-order chi connectivity index (χ0) is 11.7. The van der Waals surface area contributed by atoms with E-state index < -0.39 is 19.1 Å². The zero-order valence-corrected chi connectivity index (χ0v) is 9.13. The monoisotopic (exact) mass is 219 g/mol. The molecule has 1 unspecified atom stereocenters. The SMILES string of the molecule is CB(O)N1Cc2ccccc2CC1C(=O)O. The largest absolute Gasteiger partial charge is 0.480 e. The van der Waals surface area contributed by atoms with Gasteiger partial charge in [-0.25, -0.2) is 0 Å². The molecule has 0 bridgehead atoms. The van der Waals surface area contributed by atoms with Crippen LogP contribution in [0.5, 0.6) is 0 Å². The van der Waals surface area contributed by atoms with Gasteiger partial charge in [0.25, 0.3) is 0 Å². The minimum atomic E-state index is -0.879. The summed E-state index contributed by atoms with van der Waals surface area (Å²) in [6, 6.07) is 7.14. The van der Waals surface area contributed by atoms with Crippen LogP contribution in [0.2, 0.25) is 6.82 Å². The average molecular weight is 219 g/mol. The Morgan fingerprint density at radius 3 is 2.62 bits per heavy atom. The van der Waals surface area contributed by atoms with E-state index in [1.54, 1.807) is 11.6 Å². The summed E-state index contributed by atoms with van der Waals surface area (Å²) in [6.07, 6.45) is 0.455. The molecule has 4 nitrogen and oxygen atoms in total. The lowest BCUT2D eigenvalue weighted by Gasteiger charge is -2.35. The van der Waals surface area contributed by atoms with Gasteiger partial charge in [-0.3, -0.25) is 4.79 Å². The highest BCUT2D eigenvalue weighted by atomic mass is 16.4. The molecule has 0 spiro atoms. The molecular weight excluding hydrogens is 205 g/mol. The van der Waals surface area contributed by atoms with Crippen LogP contribution < -0.4 is 0 Å². The maximum Gasteiger partial charge on any atom is 0.377 e. The molecule has 0 radical (unpaired) electrons. The summed E-state index contributed by atoms with van der Waals surface area (Å²) in [5.41, 5.74) is 2.16. The Morgan fingerprint density at radius 1 is 1.44 bits per heavy atom. The smallest absolute Gasteiger partial charge is 0.377 e. The topological polar surface area (TPSA) is 60.8 Å². The summed E-state index contributed by atoms with van der Waals surface area (Å²) in [5, 5.41) is 18.7. The van der Waals surface area contributed by atoms with Crippen molar-refractivity contribution in [2.45, 2.75) is 25.8 Å². The summed E-state index contributed by atoms with van der Waals surface area (Å²) in [6.45, 7) is 2.09. The van der Waals surface area contributed by atoms with Crippen molar-refractivity contribution in [1.82, 2.24) is 4.81 Å². The fourth-order valence-electron chi connectivity index (χ4n) is 2.17. The number of carboxylic acid groups (broad SMARTS) is 1. The number of nitrogens with zero attached hydrogens (tertiary/aromatic N) is 1. The third kappa shape index (κ3) is 1.96. The molecule has 5 heteroatoms. The molecular formula is C11H14BNO3. The normalized spacial score (nSPS) is 20.2. The lowest BCUT2D eigenvalue weighted by molar-refractivity contribution is -0.142. The molecule has 84 valence electrons. The van der Waals surface area contributed by atoms with Gasteiger partial charge in [-0.05, 0) is 24.4 Å². The van der Waals surface area contributed by atoms with Gasteiger partial charge in [0.2, 0.25) is 0 Å². The van der Waals surface area contributed by atoms with Crippen LogP contribution in [-0.4, -0.2) is 34.0 Å². The van der Waals surface area contributed by atoms with E-state index in [0.717, 1.165) is 11.1 Å². The fraction of sp³-hybridized carbons (Fsp3) is 0.364. The first kappa shape index (κ1) is 11.2.